The lowest BCUT2D eigenvalue weighted by molar-refractivity contribution is 0.0616. The van der Waals surface area contributed by atoms with Crippen LogP contribution in [0.1, 0.15) is 44.7 Å². The molecule has 1 heterocycles. The van der Waals surface area contributed by atoms with Crippen molar-refractivity contribution in [2.45, 2.75) is 51.5 Å². The fourth-order valence-corrected chi connectivity index (χ4v) is 3.26. The molecular weight excluding hydrogens is 290 g/mol. The summed E-state index contributed by atoms with van der Waals surface area (Å²) in [6.07, 6.45) is 2.20. The molecule has 0 radical (unpaired) electrons. The van der Waals surface area contributed by atoms with Crippen molar-refractivity contribution in [2.24, 2.45) is 5.92 Å². The number of aliphatic hydroxyl groups is 1. The summed E-state index contributed by atoms with van der Waals surface area (Å²) >= 11 is 0. The quantitative estimate of drug-likeness (QED) is 0.929. The third-order valence-electron chi connectivity index (χ3n) is 4.78. The average Bonchev–Trinajstić information content (AvgIpc) is 2.53. The first-order valence-electron chi connectivity index (χ1n) is 8.40. The molecule has 4 nitrogen and oxygen atoms in total. The maximum atomic E-state index is 12.0. The van der Waals surface area contributed by atoms with Gasteiger partial charge in [0.25, 0.3) is 0 Å². The van der Waals surface area contributed by atoms with Crippen molar-refractivity contribution in [3.05, 3.63) is 35.4 Å². The number of carbonyl (C=O) groups is 1. The molecule has 23 heavy (non-hydrogen) atoms. The second-order valence-corrected chi connectivity index (χ2v) is 7.54. The van der Waals surface area contributed by atoms with Crippen LogP contribution in [0, 0.1) is 5.92 Å². The van der Waals surface area contributed by atoms with E-state index in [1.807, 2.05) is 4.90 Å². The van der Waals surface area contributed by atoms with Crippen LogP contribution in [0.2, 0.25) is 0 Å². The molecule has 1 N–H and O–H groups in total. The van der Waals surface area contributed by atoms with Crippen molar-refractivity contribution < 1.29 is 14.6 Å². The standard InChI is InChI=1S/C19H29NO3/c1-19(2,3)16-7-5-14(6-8-16)11-17-12-15(13-21)9-10-20(17)18(22)23-4/h5-8,15,17,21H,9-13H2,1-4H3. The zero-order valence-corrected chi connectivity index (χ0v) is 14.7. The van der Waals surface area contributed by atoms with Gasteiger partial charge >= 0.3 is 6.09 Å². The maximum absolute atomic E-state index is 12.0. The van der Waals surface area contributed by atoms with Crippen LogP contribution in [0.3, 0.4) is 0 Å². The number of rotatable bonds is 3. The summed E-state index contributed by atoms with van der Waals surface area (Å²) in [5, 5.41) is 9.45. The Bertz CT molecular complexity index is 518. The van der Waals surface area contributed by atoms with E-state index in [2.05, 4.69) is 45.0 Å². The fourth-order valence-electron chi connectivity index (χ4n) is 3.26. The Labute approximate surface area is 139 Å². The number of hydrogen-bond acceptors (Lipinski definition) is 3. The molecule has 0 spiro atoms. The molecule has 1 saturated heterocycles. The topological polar surface area (TPSA) is 49.8 Å². The molecule has 0 saturated carbocycles. The first-order chi connectivity index (χ1) is 10.8. The molecule has 1 aliphatic rings. The minimum Gasteiger partial charge on any atom is -0.453 e. The molecule has 2 atom stereocenters. The molecule has 0 aliphatic carbocycles. The fraction of sp³-hybridized carbons (Fsp3) is 0.632. The van der Waals surface area contributed by atoms with E-state index in [0.717, 1.165) is 19.3 Å². The maximum Gasteiger partial charge on any atom is 0.409 e. The number of carbonyl (C=O) groups excluding carboxylic acids is 1. The Hall–Kier alpha value is -1.55. The molecule has 0 bridgehead atoms. The number of aliphatic hydroxyl groups excluding tert-OH is 1. The molecule has 2 unspecified atom stereocenters. The van der Waals surface area contributed by atoms with Crippen molar-refractivity contribution in [2.75, 3.05) is 20.3 Å². The van der Waals surface area contributed by atoms with Gasteiger partial charge in [-0.15, -0.1) is 0 Å². The number of ether oxygens (including phenoxy) is 1. The zero-order chi connectivity index (χ0) is 17.0. The third kappa shape index (κ3) is 4.47. The number of nitrogens with zero attached hydrogens (tertiary/aromatic N) is 1. The van der Waals surface area contributed by atoms with Gasteiger partial charge in [-0.3, -0.25) is 0 Å². The van der Waals surface area contributed by atoms with Crippen LogP contribution >= 0.6 is 0 Å². The monoisotopic (exact) mass is 319 g/mol. The SMILES string of the molecule is COC(=O)N1CCC(CO)CC1Cc1ccc(C(C)(C)C)cc1. The number of methoxy groups -OCH3 is 1. The first kappa shape index (κ1) is 17.8. The molecule has 1 aliphatic heterocycles. The van der Waals surface area contributed by atoms with Crippen LogP contribution in [0.25, 0.3) is 0 Å². The Morgan fingerprint density at radius 3 is 2.48 bits per heavy atom. The Morgan fingerprint density at radius 1 is 1.30 bits per heavy atom. The number of benzene rings is 1. The van der Waals surface area contributed by atoms with E-state index >= 15 is 0 Å². The number of hydrogen-bond donors (Lipinski definition) is 1. The highest BCUT2D eigenvalue weighted by molar-refractivity contribution is 5.68. The van der Waals surface area contributed by atoms with Crippen LogP contribution in [-0.4, -0.2) is 42.4 Å². The van der Waals surface area contributed by atoms with E-state index in [-0.39, 0.29) is 30.1 Å². The van der Waals surface area contributed by atoms with Crippen molar-refractivity contribution in [1.29, 1.82) is 0 Å². The molecule has 2 rings (SSSR count). The van der Waals surface area contributed by atoms with Gasteiger partial charge < -0.3 is 14.7 Å². The van der Waals surface area contributed by atoms with Gasteiger partial charge in [0.05, 0.1) is 7.11 Å². The lowest BCUT2D eigenvalue weighted by Gasteiger charge is -2.38. The van der Waals surface area contributed by atoms with Crippen molar-refractivity contribution in [3.63, 3.8) is 0 Å². The highest BCUT2D eigenvalue weighted by atomic mass is 16.5. The van der Waals surface area contributed by atoms with E-state index in [0.29, 0.717) is 6.54 Å². The summed E-state index contributed by atoms with van der Waals surface area (Å²) in [7, 11) is 1.43. The van der Waals surface area contributed by atoms with E-state index < -0.39 is 0 Å². The zero-order valence-electron chi connectivity index (χ0n) is 14.7. The predicted octanol–water partition coefficient (Wildman–Crippen LogP) is 3.37. The first-order valence-corrected chi connectivity index (χ1v) is 8.40. The average molecular weight is 319 g/mol. The van der Waals surface area contributed by atoms with Gasteiger partial charge in [0.1, 0.15) is 0 Å². The number of piperidine rings is 1. The smallest absolute Gasteiger partial charge is 0.409 e. The molecule has 128 valence electrons. The summed E-state index contributed by atoms with van der Waals surface area (Å²) in [4.78, 5) is 13.8. The Kier molecular flexibility index (Phi) is 5.69. The van der Waals surface area contributed by atoms with Gasteiger partial charge in [-0.2, -0.15) is 0 Å². The number of amides is 1. The van der Waals surface area contributed by atoms with Crippen LogP contribution in [-0.2, 0) is 16.6 Å². The van der Waals surface area contributed by atoms with Crippen molar-refractivity contribution >= 4 is 6.09 Å². The summed E-state index contributed by atoms with van der Waals surface area (Å²) < 4.78 is 4.91. The van der Waals surface area contributed by atoms with Crippen LogP contribution < -0.4 is 0 Å². The molecule has 1 amide bonds. The molecule has 1 fully saturated rings. The third-order valence-corrected chi connectivity index (χ3v) is 4.78. The Morgan fingerprint density at radius 2 is 1.96 bits per heavy atom. The second-order valence-electron chi connectivity index (χ2n) is 7.54. The van der Waals surface area contributed by atoms with Crippen LogP contribution in [0.15, 0.2) is 24.3 Å². The molecular formula is C19H29NO3. The van der Waals surface area contributed by atoms with Crippen LogP contribution in [0.4, 0.5) is 4.79 Å². The summed E-state index contributed by atoms with van der Waals surface area (Å²) in [5.74, 6) is 0.273. The van der Waals surface area contributed by atoms with Crippen molar-refractivity contribution in [3.8, 4) is 0 Å². The summed E-state index contributed by atoms with van der Waals surface area (Å²) in [6.45, 7) is 7.45. The minimum absolute atomic E-state index is 0.0915. The Balaban J connectivity index is 2.12. The van der Waals surface area contributed by atoms with E-state index in [1.165, 1.54) is 18.2 Å². The largest absolute Gasteiger partial charge is 0.453 e. The highest BCUT2D eigenvalue weighted by Gasteiger charge is 2.32. The van der Waals surface area contributed by atoms with Gasteiger partial charge in [-0.05, 0) is 41.7 Å². The molecule has 4 heteroatoms. The van der Waals surface area contributed by atoms with Gasteiger partial charge in [0, 0.05) is 19.2 Å². The lowest BCUT2D eigenvalue weighted by Crippen LogP contribution is -2.47. The van der Waals surface area contributed by atoms with Gasteiger partial charge in [-0.25, -0.2) is 4.79 Å². The lowest BCUT2D eigenvalue weighted by atomic mass is 9.85. The number of likely N-dealkylation sites (tertiary alicyclic amines) is 1. The van der Waals surface area contributed by atoms with Gasteiger partial charge in [-0.1, -0.05) is 45.0 Å². The van der Waals surface area contributed by atoms with E-state index in [9.17, 15) is 9.90 Å². The highest BCUT2D eigenvalue weighted by Crippen LogP contribution is 2.27. The van der Waals surface area contributed by atoms with E-state index in [4.69, 9.17) is 4.74 Å². The molecule has 0 aromatic heterocycles. The van der Waals surface area contributed by atoms with Gasteiger partial charge in [0.2, 0.25) is 0 Å². The minimum atomic E-state index is -0.266. The molecule has 1 aromatic carbocycles. The van der Waals surface area contributed by atoms with E-state index in [1.54, 1.807) is 0 Å². The second kappa shape index (κ2) is 7.35. The molecule has 1 aromatic rings. The summed E-state index contributed by atoms with van der Waals surface area (Å²) in [5.41, 5.74) is 2.67. The normalized spacial score (nSPS) is 22.0. The predicted molar refractivity (Wildman–Crippen MR) is 91.6 cm³/mol. The summed E-state index contributed by atoms with van der Waals surface area (Å²) in [6, 6.07) is 8.74. The van der Waals surface area contributed by atoms with Gasteiger partial charge in [0.15, 0.2) is 0 Å². The van der Waals surface area contributed by atoms with Crippen molar-refractivity contribution in [1.82, 2.24) is 4.90 Å². The van der Waals surface area contributed by atoms with Crippen LogP contribution in [0.5, 0.6) is 0 Å².